The predicted molar refractivity (Wildman–Crippen MR) is 70.1 cm³/mol. The van der Waals surface area contributed by atoms with Gasteiger partial charge < -0.3 is 4.98 Å². The molecule has 0 atom stereocenters. The van der Waals surface area contributed by atoms with E-state index in [1.54, 1.807) is 0 Å². The number of imidazole rings is 1. The molecule has 94 valence electrons. The standard InChI is InChI=1S/C15H24N2/c1-2-4-8-12(7-3-1)11-15-16-13-9-5-6-10-14(13)17-15/h12H,1-11H2,(H,16,17). The molecule has 2 aliphatic carbocycles. The Bertz CT molecular complexity index is 335. The highest BCUT2D eigenvalue weighted by Crippen LogP contribution is 2.26. The van der Waals surface area contributed by atoms with Crippen molar-refractivity contribution in [3.63, 3.8) is 0 Å². The summed E-state index contributed by atoms with van der Waals surface area (Å²) < 4.78 is 0. The van der Waals surface area contributed by atoms with Crippen LogP contribution in [0.15, 0.2) is 0 Å². The molecule has 2 aliphatic rings. The molecule has 1 saturated carbocycles. The molecule has 1 N–H and O–H groups in total. The van der Waals surface area contributed by atoms with E-state index in [-0.39, 0.29) is 0 Å². The van der Waals surface area contributed by atoms with Gasteiger partial charge >= 0.3 is 0 Å². The minimum atomic E-state index is 0.894. The summed E-state index contributed by atoms with van der Waals surface area (Å²) in [6.07, 6.45) is 14.9. The number of rotatable bonds is 2. The van der Waals surface area contributed by atoms with Crippen LogP contribution in [0, 0.1) is 5.92 Å². The van der Waals surface area contributed by atoms with Crippen LogP contribution in [-0.4, -0.2) is 9.97 Å². The van der Waals surface area contributed by atoms with Crippen molar-refractivity contribution in [2.45, 2.75) is 70.6 Å². The molecule has 0 spiro atoms. The minimum Gasteiger partial charge on any atom is -0.346 e. The van der Waals surface area contributed by atoms with Crippen molar-refractivity contribution >= 4 is 0 Å². The number of aromatic nitrogens is 2. The first-order valence-electron chi connectivity index (χ1n) is 7.48. The second-order valence-electron chi connectivity index (χ2n) is 5.88. The predicted octanol–water partition coefficient (Wildman–Crippen LogP) is 3.80. The number of aryl methyl sites for hydroxylation is 2. The summed E-state index contributed by atoms with van der Waals surface area (Å²) in [6.45, 7) is 0. The molecule has 2 nitrogen and oxygen atoms in total. The maximum atomic E-state index is 4.82. The van der Waals surface area contributed by atoms with Gasteiger partial charge in [0, 0.05) is 12.1 Å². The fourth-order valence-corrected chi connectivity index (χ4v) is 3.45. The van der Waals surface area contributed by atoms with Crippen molar-refractivity contribution in [2.24, 2.45) is 5.92 Å². The number of nitrogens with zero attached hydrogens (tertiary/aromatic N) is 1. The molecule has 3 rings (SSSR count). The molecule has 0 radical (unpaired) electrons. The molecule has 0 amide bonds. The van der Waals surface area contributed by atoms with Crippen LogP contribution >= 0.6 is 0 Å². The first kappa shape index (κ1) is 11.3. The monoisotopic (exact) mass is 232 g/mol. The lowest BCUT2D eigenvalue weighted by Crippen LogP contribution is -2.04. The fraction of sp³-hybridized carbons (Fsp3) is 0.800. The van der Waals surface area contributed by atoms with Gasteiger partial charge in [0.25, 0.3) is 0 Å². The van der Waals surface area contributed by atoms with E-state index in [1.807, 2.05) is 0 Å². The third-order valence-electron chi connectivity index (χ3n) is 4.46. The zero-order chi connectivity index (χ0) is 11.5. The van der Waals surface area contributed by atoms with E-state index in [9.17, 15) is 0 Å². The second-order valence-corrected chi connectivity index (χ2v) is 5.88. The molecule has 1 aromatic heterocycles. The summed E-state index contributed by atoms with van der Waals surface area (Å²) in [5, 5.41) is 0. The first-order valence-corrected chi connectivity index (χ1v) is 7.48. The van der Waals surface area contributed by atoms with Gasteiger partial charge in [-0.3, -0.25) is 0 Å². The van der Waals surface area contributed by atoms with Gasteiger partial charge in [-0.15, -0.1) is 0 Å². The number of fused-ring (bicyclic) bond motifs is 1. The van der Waals surface area contributed by atoms with Crippen molar-refractivity contribution in [2.75, 3.05) is 0 Å². The van der Waals surface area contributed by atoms with Crippen LogP contribution in [0.3, 0.4) is 0 Å². The highest BCUT2D eigenvalue weighted by Gasteiger charge is 2.18. The van der Waals surface area contributed by atoms with E-state index in [4.69, 9.17) is 4.98 Å². The van der Waals surface area contributed by atoms with Crippen LogP contribution in [-0.2, 0) is 19.3 Å². The van der Waals surface area contributed by atoms with Crippen LogP contribution in [0.4, 0.5) is 0 Å². The number of nitrogens with one attached hydrogen (secondary N) is 1. The van der Waals surface area contributed by atoms with E-state index in [0.29, 0.717) is 0 Å². The summed E-state index contributed by atoms with van der Waals surface area (Å²) in [6, 6.07) is 0. The number of hydrogen-bond donors (Lipinski definition) is 1. The number of aromatic amines is 1. The Balaban J connectivity index is 1.65. The lowest BCUT2D eigenvalue weighted by atomic mass is 9.96. The average molecular weight is 232 g/mol. The topological polar surface area (TPSA) is 28.7 Å². The minimum absolute atomic E-state index is 0.894. The van der Waals surface area contributed by atoms with Crippen LogP contribution in [0.5, 0.6) is 0 Å². The van der Waals surface area contributed by atoms with Gasteiger partial charge in [0.15, 0.2) is 0 Å². The lowest BCUT2D eigenvalue weighted by Gasteiger charge is -2.11. The van der Waals surface area contributed by atoms with E-state index in [2.05, 4.69) is 4.98 Å². The second kappa shape index (κ2) is 5.24. The smallest absolute Gasteiger partial charge is 0.106 e. The normalized spacial score (nSPS) is 22.1. The Hall–Kier alpha value is -0.790. The zero-order valence-electron chi connectivity index (χ0n) is 10.8. The molecular weight excluding hydrogens is 208 g/mol. The molecule has 0 aromatic carbocycles. The molecule has 0 saturated heterocycles. The Labute approximate surface area is 104 Å². The van der Waals surface area contributed by atoms with Crippen molar-refractivity contribution in [1.82, 2.24) is 9.97 Å². The van der Waals surface area contributed by atoms with Gasteiger partial charge in [-0.05, 0) is 31.6 Å². The van der Waals surface area contributed by atoms with Crippen LogP contribution < -0.4 is 0 Å². The Morgan fingerprint density at radius 1 is 0.941 bits per heavy atom. The lowest BCUT2D eigenvalue weighted by molar-refractivity contribution is 0.449. The maximum Gasteiger partial charge on any atom is 0.106 e. The third kappa shape index (κ3) is 2.72. The fourth-order valence-electron chi connectivity index (χ4n) is 3.45. The highest BCUT2D eigenvalue weighted by molar-refractivity contribution is 5.17. The van der Waals surface area contributed by atoms with Crippen molar-refractivity contribution < 1.29 is 0 Å². The van der Waals surface area contributed by atoms with Gasteiger partial charge in [0.2, 0.25) is 0 Å². The van der Waals surface area contributed by atoms with E-state index in [0.717, 1.165) is 5.92 Å². The van der Waals surface area contributed by atoms with Gasteiger partial charge in [-0.1, -0.05) is 38.5 Å². The summed E-state index contributed by atoms with van der Waals surface area (Å²) in [5.41, 5.74) is 2.82. The summed E-state index contributed by atoms with van der Waals surface area (Å²) in [5.74, 6) is 2.17. The van der Waals surface area contributed by atoms with Crippen molar-refractivity contribution in [3.8, 4) is 0 Å². The third-order valence-corrected chi connectivity index (χ3v) is 4.46. The summed E-state index contributed by atoms with van der Waals surface area (Å²) in [7, 11) is 0. The molecule has 0 bridgehead atoms. The summed E-state index contributed by atoms with van der Waals surface area (Å²) in [4.78, 5) is 8.41. The Kier molecular flexibility index (Phi) is 3.49. The van der Waals surface area contributed by atoms with Crippen molar-refractivity contribution in [3.05, 3.63) is 17.2 Å². The molecule has 17 heavy (non-hydrogen) atoms. The SMILES string of the molecule is C1CCCC(Cc2nc3c([nH]2)CCCC3)CC1. The largest absolute Gasteiger partial charge is 0.346 e. The Morgan fingerprint density at radius 2 is 1.71 bits per heavy atom. The number of H-pyrrole nitrogens is 1. The van der Waals surface area contributed by atoms with E-state index in [1.165, 1.54) is 87.8 Å². The average Bonchev–Trinajstić information content (AvgIpc) is 2.57. The van der Waals surface area contributed by atoms with E-state index < -0.39 is 0 Å². The maximum absolute atomic E-state index is 4.82. The van der Waals surface area contributed by atoms with Gasteiger partial charge in [-0.2, -0.15) is 0 Å². The van der Waals surface area contributed by atoms with Crippen LogP contribution in [0.1, 0.15) is 68.6 Å². The molecule has 1 aromatic rings. The molecule has 1 fully saturated rings. The van der Waals surface area contributed by atoms with Gasteiger partial charge in [0.1, 0.15) is 5.82 Å². The van der Waals surface area contributed by atoms with Crippen molar-refractivity contribution in [1.29, 1.82) is 0 Å². The molecule has 0 unspecified atom stereocenters. The number of hydrogen-bond acceptors (Lipinski definition) is 1. The zero-order valence-corrected chi connectivity index (χ0v) is 10.8. The van der Waals surface area contributed by atoms with Gasteiger partial charge in [0.05, 0.1) is 5.69 Å². The molecular formula is C15H24N2. The quantitative estimate of drug-likeness (QED) is 0.772. The molecule has 2 heteroatoms. The van der Waals surface area contributed by atoms with Gasteiger partial charge in [-0.25, -0.2) is 4.98 Å². The molecule has 0 aliphatic heterocycles. The van der Waals surface area contributed by atoms with Crippen LogP contribution in [0.25, 0.3) is 0 Å². The Morgan fingerprint density at radius 3 is 2.47 bits per heavy atom. The molecule has 1 heterocycles. The summed E-state index contributed by atoms with van der Waals surface area (Å²) >= 11 is 0. The highest BCUT2D eigenvalue weighted by atomic mass is 14.9. The first-order chi connectivity index (χ1) is 8.42. The van der Waals surface area contributed by atoms with Crippen LogP contribution in [0.2, 0.25) is 0 Å². The van der Waals surface area contributed by atoms with E-state index >= 15 is 0 Å².